The van der Waals surface area contributed by atoms with Crippen LogP contribution in [0.4, 0.5) is 0 Å². The maximum Gasteiger partial charge on any atom is 0.397 e. The number of carbonyl (C=O) groups excluding carboxylic acids is 1. The lowest BCUT2D eigenvalue weighted by Crippen LogP contribution is -2.61. The van der Waals surface area contributed by atoms with Crippen molar-refractivity contribution in [3.8, 4) is 0 Å². The van der Waals surface area contributed by atoms with E-state index in [0.29, 0.717) is 6.42 Å². The molecule has 1 aliphatic heterocycles. The molecule has 0 saturated carbocycles. The van der Waals surface area contributed by atoms with Gasteiger partial charge in [-0.3, -0.25) is 9.35 Å². The van der Waals surface area contributed by atoms with E-state index in [1.807, 2.05) is 6.08 Å². The number of aliphatic hydroxyl groups is 4. The van der Waals surface area contributed by atoms with Crippen LogP contribution < -0.4 is 5.32 Å². The Kier molecular flexibility index (Phi) is 37.2. The summed E-state index contributed by atoms with van der Waals surface area (Å²) in [6, 6.07) is -0.938. The Hall–Kier alpha value is -1.16. The Labute approximate surface area is 372 Å². The minimum atomic E-state index is -5.08. The van der Waals surface area contributed by atoms with Crippen molar-refractivity contribution in [2.75, 3.05) is 13.2 Å². The van der Waals surface area contributed by atoms with Gasteiger partial charge in [0.15, 0.2) is 6.29 Å². The molecule has 1 fully saturated rings. The van der Waals surface area contributed by atoms with Crippen LogP contribution in [0.5, 0.6) is 0 Å². The number of aliphatic hydroxyl groups excluding tert-OH is 4. The summed E-state index contributed by atoms with van der Waals surface area (Å²) in [7, 11) is -5.08. The first kappa shape index (κ1) is 57.9. The van der Waals surface area contributed by atoms with Crippen molar-refractivity contribution in [3.63, 3.8) is 0 Å². The van der Waals surface area contributed by atoms with Gasteiger partial charge in [0, 0.05) is 6.42 Å². The van der Waals surface area contributed by atoms with E-state index < -0.39 is 59.9 Å². The van der Waals surface area contributed by atoms with Crippen molar-refractivity contribution in [1.82, 2.24) is 5.32 Å². The molecule has 7 unspecified atom stereocenters. The molecular formula is C48H93NO11S. The molecular weight excluding hydrogens is 799 g/mol. The zero-order valence-electron chi connectivity index (χ0n) is 38.7. The SMILES string of the molecule is CCCCCCCCCCCCCCCCCCCCCC/C=C/C(O)C(COC1OC(CO)C(O)C(OS(=O)(=O)O)C1O)NC(=O)CCCCCCCCCCCCCC. The van der Waals surface area contributed by atoms with Crippen LogP contribution in [0.1, 0.15) is 232 Å². The number of hydrogen-bond donors (Lipinski definition) is 6. The van der Waals surface area contributed by atoms with Crippen molar-refractivity contribution in [1.29, 1.82) is 0 Å². The highest BCUT2D eigenvalue weighted by atomic mass is 32.3. The fraction of sp³-hybridized carbons (Fsp3) is 0.938. The number of unbranched alkanes of at least 4 members (excludes halogenated alkanes) is 31. The van der Waals surface area contributed by atoms with Gasteiger partial charge in [-0.05, 0) is 19.3 Å². The normalized spacial score (nSPS) is 20.7. The topological polar surface area (TPSA) is 192 Å². The lowest BCUT2D eigenvalue weighted by atomic mass is 9.99. The zero-order chi connectivity index (χ0) is 44.8. The first-order valence-corrected chi connectivity index (χ1v) is 26.4. The van der Waals surface area contributed by atoms with E-state index in [4.69, 9.17) is 9.47 Å². The highest BCUT2D eigenvalue weighted by molar-refractivity contribution is 7.80. The maximum atomic E-state index is 13.0. The first-order chi connectivity index (χ1) is 29.5. The van der Waals surface area contributed by atoms with E-state index in [1.54, 1.807) is 6.08 Å². The number of allylic oxidation sites excluding steroid dienone is 1. The van der Waals surface area contributed by atoms with Gasteiger partial charge in [-0.25, -0.2) is 4.18 Å². The molecule has 0 bridgehead atoms. The van der Waals surface area contributed by atoms with Gasteiger partial charge in [-0.15, -0.1) is 0 Å². The van der Waals surface area contributed by atoms with E-state index in [-0.39, 0.29) is 18.9 Å². The minimum absolute atomic E-state index is 0.261. The molecule has 6 N–H and O–H groups in total. The molecule has 0 radical (unpaired) electrons. The Morgan fingerprint density at radius 3 is 1.43 bits per heavy atom. The van der Waals surface area contributed by atoms with Crippen LogP contribution in [0.2, 0.25) is 0 Å². The first-order valence-electron chi connectivity index (χ1n) is 25.1. The second-order valence-corrected chi connectivity index (χ2v) is 18.8. The molecule has 362 valence electrons. The number of nitrogens with one attached hydrogen (secondary N) is 1. The standard InChI is InChI=1S/C48H93NO11S/c1-3-5-7-9-11-13-15-17-18-19-20-21-22-23-24-25-26-27-29-31-33-35-37-42(51)41(49-44(52)38-36-34-32-30-28-16-14-12-10-8-6-4-2)40-58-48-46(54)47(60-61(55,56)57)45(53)43(39-50)59-48/h35,37,41-43,45-48,50-51,53-54H,3-34,36,38-40H2,1-2H3,(H,49,52)(H,55,56,57)/b37-35+. The Morgan fingerprint density at radius 2 is 1.03 bits per heavy atom. The summed E-state index contributed by atoms with van der Waals surface area (Å²) < 4.78 is 47.6. The lowest BCUT2D eigenvalue weighted by molar-refractivity contribution is -0.298. The average Bonchev–Trinajstić information content (AvgIpc) is 3.23. The van der Waals surface area contributed by atoms with E-state index in [0.717, 1.165) is 38.5 Å². The summed E-state index contributed by atoms with van der Waals surface area (Å²) in [6.07, 6.45) is 35.4. The predicted octanol–water partition coefficient (Wildman–Crippen LogP) is 10.3. The van der Waals surface area contributed by atoms with E-state index in [1.165, 1.54) is 167 Å². The lowest BCUT2D eigenvalue weighted by Gasteiger charge is -2.41. The summed E-state index contributed by atoms with van der Waals surface area (Å²) in [4.78, 5) is 13.0. The van der Waals surface area contributed by atoms with Crippen molar-refractivity contribution in [2.24, 2.45) is 0 Å². The van der Waals surface area contributed by atoms with Gasteiger partial charge in [0.1, 0.15) is 24.4 Å². The molecule has 0 aliphatic carbocycles. The van der Waals surface area contributed by atoms with Gasteiger partial charge < -0.3 is 35.2 Å². The second-order valence-electron chi connectivity index (χ2n) is 17.8. The highest BCUT2D eigenvalue weighted by Crippen LogP contribution is 2.26. The van der Waals surface area contributed by atoms with Gasteiger partial charge >= 0.3 is 10.4 Å². The van der Waals surface area contributed by atoms with Crippen molar-refractivity contribution >= 4 is 16.3 Å². The third kappa shape index (κ3) is 32.2. The Morgan fingerprint density at radius 1 is 0.639 bits per heavy atom. The quantitative estimate of drug-likeness (QED) is 0.0194. The van der Waals surface area contributed by atoms with Crippen LogP contribution in [-0.2, 0) is 28.9 Å². The van der Waals surface area contributed by atoms with Gasteiger partial charge in [0.25, 0.3) is 0 Å². The molecule has 61 heavy (non-hydrogen) atoms. The van der Waals surface area contributed by atoms with Crippen molar-refractivity contribution in [3.05, 3.63) is 12.2 Å². The monoisotopic (exact) mass is 892 g/mol. The minimum Gasteiger partial charge on any atom is -0.394 e. The third-order valence-corrected chi connectivity index (χ3v) is 12.5. The Balaban J connectivity index is 2.43. The molecule has 12 nitrogen and oxygen atoms in total. The van der Waals surface area contributed by atoms with Gasteiger partial charge in [0.2, 0.25) is 5.91 Å². The molecule has 1 heterocycles. The van der Waals surface area contributed by atoms with Crippen molar-refractivity contribution < 1.29 is 51.8 Å². The number of amides is 1. The van der Waals surface area contributed by atoms with Crippen LogP contribution in [0.3, 0.4) is 0 Å². The molecule has 0 spiro atoms. The molecule has 1 aliphatic rings. The zero-order valence-corrected chi connectivity index (χ0v) is 39.6. The van der Waals surface area contributed by atoms with Crippen LogP contribution >= 0.6 is 0 Å². The highest BCUT2D eigenvalue weighted by Gasteiger charge is 2.48. The number of ether oxygens (including phenoxy) is 2. The molecule has 0 aromatic rings. The van der Waals surface area contributed by atoms with Gasteiger partial charge in [-0.1, -0.05) is 219 Å². The number of rotatable bonds is 43. The van der Waals surface area contributed by atoms with Gasteiger partial charge in [-0.2, -0.15) is 8.42 Å². The summed E-state index contributed by atoms with van der Waals surface area (Å²) in [5.74, 6) is -0.261. The molecule has 7 atom stereocenters. The smallest absolute Gasteiger partial charge is 0.394 e. The van der Waals surface area contributed by atoms with Crippen molar-refractivity contribution in [2.45, 2.75) is 275 Å². The summed E-state index contributed by atoms with van der Waals surface area (Å²) in [5, 5.41) is 44.7. The number of hydrogen-bond acceptors (Lipinski definition) is 10. The second kappa shape index (κ2) is 39.2. The number of carbonyl (C=O) groups is 1. The van der Waals surface area contributed by atoms with Crippen LogP contribution in [0, 0.1) is 0 Å². The summed E-state index contributed by atoms with van der Waals surface area (Å²) >= 11 is 0. The van der Waals surface area contributed by atoms with Crippen LogP contribution in [-0.4, -0.2) is 95.4 Å². The van der Waals surface area contributed by atoms with Crippen LogP contribution in [0.25, 0.3) is 0 Å². The average molecular weight is 892 g/mol. The van der Waals surface area contributed by atoms with E-state index in [2.05, 4.69) is 23.3 Å². The fourth-order valence-corrected chi connectivity index (χ4v) is 8.67. The van der Waals surface area contributed by atoms with E-state index in [9.17, 15) is 38.2 Å². The Bertz CT molecular complexity index is 1140. The van der Waals surface area contributed by atoms with Gasteiger partial charge in [0.05, 0.1) is 25.4 Å². The summed E-state index contributed by atoms with van der Waals surface area (Å²) in [5.41, 5.74) is 0. The fourth-order valence-electron chi connectivity index (χ4n) is 8.16. The molecule has 1 rings (SSSR count). The third-order valence-electron chi connectivity index (χ3n) is 12.1. The van der Waals surface area contributed by atoms with Crippen LogP contribution in [0.15, 0.2) is 12.2 Å². The van der Waals surface area contributed by atoms with E-state index >= 15 is 0 Å². The molecule has 0 aromatic heterocycles. The largest absolute Gasteiger partial charge is 0.397 e. The molecule has 13 heteroatoms. The molecule has 1 saturated heterocycles. The molecule has 0 aromatic carbocycles. The molecule has 1 amide bonds. The predicted molar refractivity (Wildman–Crippen MR) is 246 cm³/mol. The summed E-state index contributed by atoms with van der Waals surface area (Å²) in [6.45, 7) is 3.40. The maximum absolute atomic E-state index is 13.0.